The van der Waals surface area contributed by atoms with Crippen molar-refractivity contribution in [3.05, 3.63) is 47.8 Å². The van der Waals surface area contributed by atoms with Gasteiger partial charge in [-0.05, 0) is 63.7 Å². The first-order valence-corrected chi connectivity index (χ1v) is 10.2. The average Bonchev–Trinajstić information content (AvgIpc) is 3.43. The van der Waals surface area contributed by atoms with Crippen molar-refractivity contribution in [2.45, 2.75) is 42.4 Å². The Kier molecular flexibility index (Phi) is 4.41. The highest BCUT2D eigenvalue weighted by atomic mass is 19.1. The second kappa shape index (κ2) is 6.61. The van der Waals surface area contributed by atoms with E-state index in [9.17, 15) is 4.39 Å². The number of fused-ring (bicyclic) bond motifs is 1. The highest BCUT2D eigenvalue weighted by Crippen LogP contribution is 2.65. The lowest BCUT2D eigenvalue weighted by Crippen LogP contribution is -2.50. The molecule has 4 aliphatic heterocycles. The molecule has 4 aliphatic rings. The smallest absolute Gasteiger partial charge is 0.190 e. The van der Waals surface area contributed by atoms with Gasteiger partial charge in [0.25, 0.3) is 0 Å². The number of ether oxygens (including phenoxy) is 4. The van der Waals surface area contributed by atoms with Gasteiger partial charge in [0.2, 0.25) is 0 Å². The molecule has 3 unspecified atom stereocenters. The molecule has 0 amide bonds. The predicted octanol–water partition coefficient (Wildman–Crippen LogP) is 2.85. The van der Waals surface area contributed by atoms with E-state index in [1.54, 1.807) is 0 Å². The molecule has 2 bridgehead atoms. The summed E-state index contributed by atoms with van der Waals surface area (Å²) in [6.07, 6.45) is 6.53. The standard InChI is InChI=1S/C22H28FNO4/c1-24(2)11-3-8-21(16-4-6-18(23)7-5-16)22-10-9-20(28-22,14-17(22)15-27-21)19-25-12-13-26-19/h4-7,9-10,17,19H,3,8,11-15H2,1-2H3/t17?,20-,21?,22?/m0/s1. The number of nitrogens with zero attached hydrogens (tertiary/aromatic N) is 1. The molecule has 0 aromatic heterocycles. The molecule has 1 spiro atoms. The van der Waals surface area contributed by atoms with E-state index in [1.165, 1.54) is 12.1 Å². The summed E-state index contributed by atoms with van der Waals surface area (Å²) < 4.78 is 38.7. The lowest BCUT2D eigenvalue weighted by Gasteiger charge is -2.42. The topological polar surface area (TPSA) is 40.2 Å². The van der Waals surface area contributed by atoms with Gasteiger partial charge in [0, 0.05) is 5.92 Å². The normalized spacial score (nSPS) is 39.4. The highest BCUT2D eigenvalue weighted by molar-refractivity contribution is 5.41. The number of hydrogen-bond acceptors (Lipinski definition) is 5. The zero-order valence-corrected chi connectivity index (χ0v) is 16.5. The monoisotopic (exact) mass is 389 g/mol. The minimum atomic E-state index is -0.630. The van der Waals surface area contributed by atoms with Crippen LogP contribution in [0.2, 0.25) is 0 Å². The van der Waals surface area contributed by atoms with Crippen LogP contribution in [0.1, 0.15) is 24.8 Å². The van der Waals surface area contributed by atoms with Gasteiger partial charge in [0.1, 0.15) is 22.6 Å². The van der Waals surface area contributed by atoms with Crippen LogP contribution in [0.5, 0.6) is 0 Å². The summed E-state index contributed by atoms with van der Waals surface area (Å²) in [7, 11) is 4.14. The van der Waals surface area contributed by atoms with Crippen molar-refractivity contribution in [2.24, 2.45) is 5.92 Å². The Balaban J connectivity index is 1.52. The second-order valence-electron chi connectivity index (χ2n) is 8.71. The van der Waals surface area contributed by atoms with Crippen LogP contribution in [-0.4, -0.2) is 62.9 Å². The fourth-order valence-electron chi connectivity index (χ4n) is 5.55. The van der Waals surface area contributed by atoms with E-state index < -0.39 is 16.8 Å². The van der Waals surface area contributed by atoms with Crippen LogP contribution in [0.3, 0.4) is 0 Å². The van der Waals surface area contributed by atoms with Crippen LogP contribution in [0.15, 0.2) is 36.4 Å². The zero-order valence-electron chi connectivity index (χ0n) is 16.5. The van der Waals surface area contributed by atoms with Crippen LogP contribution in [0.25, 0.3) is 0 Å². The summed E-state index contributed by atoms with van der Waals surface area (Å²) in [6.45, 7) is 2.78. The van der Waals surface area contributed by atoms with E-state index in [1.807, 2.05) is 12.1 Å². The Morgan fingerprint density at radius 2 is 1.86 bits per heavy atom. The fourth-order valence-corrected chi connectivity index (χ4v) is 5.55. The molecule has 1 aromatic rings. The van der Waals surface area contributed by atoms with Crippen LogP contribution in [-0.2, 0) is 24.5 Å². The van der Waals surface area contributed by atoms with Gasteiger partial charge in [0.15, 0.2) is 6.29 Å². The highest BCUT2D eigenvalue weighted by Gasteiger charge is 2.73. The Morgan fingerprint density at radius 1 is 1.11 bits per heavy atom. The quantitative estimate of drug-likeness (QED) is 0.700. The number of hydrogen-bond donors (Lipinski definition) is 0. The summed E-state index contributed by atoms with van der Waals surface area (Å²) in [5.41, 5.74) is -0.760. The Labute approximate surface area is 165 Å². The molecular weight excluding hydrogens is 361 g/mol. The number of rotatable bonds is 6. The van der Waals surface area contributed by atoms with Gasteiger partial charge < -0.3 is 23.8 Å². The molecular formula is C22H28FNO4. The van der Waals surface area contributed by atoms with Crippen LogP contribution in [0, 0.1) is 11.7 Å². The maximum absolute atomic E-state index is 13.6. The van der Waals surface area contributed by atoms with Crippen molar-refractivity contribution in [2.75, 3.05) is 40.5 Å². The van der Waals surface area contributed by atoms with Gasteiger partial charge in [-0.15, -0.1) is 0 Å². The molecule has 0 saturated carbocycles. The molecule has 6 heteroatoms. The Morgan fingerprint density at radius 3 is 2.57 bits per heavy atom. The van der Waals surface area contributed by atoms with Crippen molar-refractivity contribution in [1.29, 1.82) is 0 Å². The van der Waals surface area contributed by atoms with E-state index >= 15 is 0 Å². The summed E-state index contributed by atoms with van der Waals surface area (Å²) in [5, 5.41) is 0. The van der Waals surface area contributed by atoms with E-state index in [-0.39, 0.29) is 18.0 Å². The van der Waals surface area contributed by atoms with Gasteiger partial charge in [-0.1, -0.05) is 18.2 Å². The molecule has 1 aromatic carbocycles. The number of benzene rings is 1. The Bertz CT molecular complexity index is 762. The summed E-state index contributed by atoms with van der Waals surface area (Å²) in [6, 6.07) is 6.72. The van der Waals surface area contributed by atoms with Crippen LogP contribution < -0.4 is 0 Å². The largest absolute Gasteiger partial charge is 0.366 e. The first kappa shape index (κ1) is 18.7. The summed E-state index contributed by atoms with van der Waals surface area (Å²) in [5.74, 6) is -0.00893. The van der Waals surface area contributed by atoms with Crippen LogP contribution >= 0.6 is 0 Å². The second-order valence-corrected chi connectivity index (χ2v) is 8.71. The minimum Gasteiger partial charge on any atom is -0.366 e. The molecule has 0 N–H and O–H groups in total. The van der Waals surface area contributed by atoms with Gasteiger partial charge in [-0.25, -0.2) is 4.39 Å². The van der Waals surface area contributed by atoms with Crippen molar-refractivity contribution >= 4 is 0 Å². The van der Waals surface area contributed by atoms with E-state index in [2.05, 4.69) is 31.1 Å². The SMILES string of the molecule is CN(C)CCCC1(c2ccc(F)cc2)OCC2C[C@]3(C4OCCO4)C=CC21O3. The lowest BCUT2D eigenvalue weighted by molar-refractivity contribution is -0.216. The molecule has 3 fully saturated rings. The zero-order chi connectivity index (χ0) is 19.4. The summed E-state index contributed by atoms with van der Waals surface area (Å²) in [4.78, 5) is 2.17. The predicted molar refractivity (Wildman–Crippen MR) is 101 cm³/mol. The third-order valence-corrected chi connectivity index (χ3v) is 6.77. The maximum Gasteiger partial charge on any atom is 0.190 e. The van der Waals surface area contributed by atoms with Crippen molar-refractivity contribution in [3.8, 4) is 0 Å². The lowest BCUT2D eigenvalue weighted by atomic mass is 9.68. The molecule has 4 atom stereocenters. The Hall–Kier alpha value is -1.31. The van der Waals surface area contributed by atoms with E-state index in [4.69, 9.17) is 18.9 Å². The molecule has 5 rings (SSSR count). The third-order valence-electron chi connectivity index (χ3n) is 6.77. The molecule has 0 aliphatic carbocycles. The summed E-state index contributed by atoms with van der Waals surface area (Å²) >= 11 is 0. The molecule has 0 radical (unpaired) electrons. The molecule has 3 saturated heterocycles. The van der Waals surface area contributed by atoms with Crippen molar-refractivity contribution < 1.29 is 23.3 Å². The van der Waals surface area contributed by atoms with Crippen LogP contribution in [0.4, 0.5) is 4.39 Å². The fraction of sp³-hybridized carbons (Fsp3) is 0.636. The first-order chi connectivity index (χ1) is 13.5. The van der Waals surface area contributed by atoms with Gasteiger partial charge in [-0.3, -0.25) is 0 Å². The molecule has 4 heterocycles. The molecule has 152 valence electrons. The first-order valence-electron chi connectivity index (χ1n) is 10.2. The third kappa shape index (κ3) is 2.55. The number of halogens is 1. The minimum absolute atomic E-state index is 0.231. The van der Waals surface area contributed by atoms with Crippen molar-refractivity contribution in [1.82, 2.24) is 4.90 Å². The van der Waals surface area contributed by atoms with Gasteiger partial charge in [-0.2, -0.15) is 0 Å². The van der Waals surface area contributed by atoms with Gasteiger partial charge in [0.05, 0.1) is 19.8 Å². The van der Waals surface area contributed by atoms with Crippen molar-refractivity contribution in [3.63, 3.8) is 0 Å². The molecule has 28 heavy (non-hydrogen) atoms. The molecule has 5 nitrogen and oxygen atoms in total. The van der Waals surface area contributed by atoms with E-state index in [0.29, 0.717) is 19.8 Å². The maximum atomic E-state index is 13.6. The van der Waals surface area contributed by atoms with E-state index in [0.717, 1.165) is 31.4 Å². The average molecular weight is 389 g/mol. The van der Waals surface area contributed by atoms with Gasteiger partial charge >= 0.3 is 0 Å².